The van der Waals surface area contributed by atoms with E-state index in [0.29, 0.717) is 34.9 Å². The standard InChI is InChI=1S/C23H29N3O5/c1-6-12-31-17-9-7-16(8-10-17)20-19(22(28)23(29)26(20)11-13-30-5)21(27)18-14(2)24-25(4)15(18)3/h7-10,20,27H,6,11-13H2,1-5H3/b21-19+. The fourth-order valence-corrected chi connectivity index (χ4v) is 3.86. The summed E-state index contributed by atoms with van der Waals surface area (Å²) in [5.41, 5.74) is 2.53. The molecule has 1 aliphatic heterocycles. The molecule has 0 bridgehead atoms. The zero-order chi connectivity index (χ0) is 22.7. The molecule has 0 aliphatic carbocycles. The number of likely N-dealkylation sites (tertiary alicyclic amines) is 1. The number of aryl methyl sites for hydroxylation is 2. The van der Waals surface area contributed by atoms with Crippen molar-refractivity contribution in [1.29, 1.82) is 0 Å². The maximum atomic E-state index is 13.0. The third-order valence-corrected chi connectivity index (χ3v) is 5.49. The summed E-state index contributed by atoms with van der Waals surface area (Å²) in [6, 6.07) is 6.52. The summed E-state index contributed by atoms with van der Waals surface area (Å²) in [6.45, 7) is 6.70. The van der Waals surface area contributed by atoms with Crippen LogP contribution in [0.5, 0.6) is 5.75 Å². The SMILES string of the molecule is CCCOc1ccc(C2/C(=C(\O)c3c(C)nn(C)c3C)C(=O)C(=O)N2CCOC)cc1. The molecular weight excluding hydrogens is 398 g/mol. The molecule has 1 amide bonds. The predicted molar refractivity (Wildman–Crippen MR) is 116 cm³/mol. The van der Waals surface area contributed by atoms with Crippen LogP contribution in [0, 0.1) is 13.8 Å². The lowest BCUT2D eigenvalue weighted by atomic mass is 9.94. The molecule has 1 aliphatic rings. The number of methoxy groups -OCH3 is 1. The first kappa shape index (κ1) is 22.6. The summed E-state index contributed by atoms with van der Waals surface area (Å²) < 4.78 is 12.4. The topological polar surface area (TPSA) is 93.9 Å². The van der Waals surface area contributed by atoms with Gasteiger partial charge in [-0.15, -0.1) is 0 Å². The number of amides is 1. The maximum absolute atomic E-state index is 13.0. The van der Waals surface area contributed by atoms with E-state index in [0.717, 1.165) is 6.42 Å². The van der Waals surface area contributed by atoms with Crippen molar-refractivity contribution in [2.45, 2.75) is 33.2 Å². The number of carbonyl (C=O) groups is 2. The lowest BCUT2D eigenvalue weighted by Crippen LogP contribution is -2.32. The van der Waals surface area contributed by atoms with Crippen molar-refractivity contribution in [3.05, 3.63) is 52.4 Å². The zero-order valence-corrected chi connectivity index (χ0v) is 18.6. The Morgan fingerprint density at radius 1 is 1.16 bits per heavy atom. The predicted octanol–water partition coefficient (Wildman–Crippen LogP) is 2.89. The van der Waals surface area contributed by atoms with Gasteiger partial charge in [-0.05, 0) is 38.0 Å². The molecule has 1 aromatic heterocycles. The fourth-order valence-electron chi connectivity index (χ4n) is 3.86. The van der Waals surface area contributed by atoms with Gasteiger partial charge in [-0.25, -0.2) is 0 Å². The van der Waals surface area contributed by atoms with Crippen LogP contribution in [0.25, 0.3) is 5.76 Å². The van der Waals surface area contributed by atoms with Gasteiger partial charge in [0.05, 0.1) is 36.1 Å². The largest absolute Gasteiger partial charge is 0.507 e. The summed E-state index contributed by atoms with van der Waals surface area (Å²) in [5, 5.41) is 15.5. The molecule has 1 saturated heterocycles. The molecule has 1 fully saturated rings. The molecule has 8 heteroatoms. The molecule has 1 unspecified atom stereocenters. The highest BCUT2D eigenvalue weighted by molar-refractivity contribution is 6.46. The van der Waals surface area contributed by atoms with Crippen molar-refractivity contribution in [2.24, 2.45) is 7.05 Å². The first-order valence-corrected chi connectivity index (χ1v) is 10.3. The highest BCUT2D eigenvalue weighted by Crippen LogP contribution is 2.40. The average Bonchev–Trinajstić information content (AvgIpc) is 3.16. The van der Waals surface area contributed by atoms with Crippen molar-refractivity contribution in [1.82, 2.24) is 14.7 Å². The summed E-state index contributed by atoms with van der Waals surface area (Å²) in [6.07, 6.45) is 0.892. The summed E-state index contributed by atoms with van der Waals surface area (Å²) in [4.78, 5) is 27.3. The van der Waals surface area contributed by atoms with Gasteiger partial charge in [-0.2, -0.15) is 5.10 Å². The van der Waals surface area contributed by atoms with Gasteiger partial charge in [0.2, 0.25) is 0 Å². The Kier molecular flexibility index (Phi) is 6.80. The van der Waals surface area contributed by atoms with Crippen molar-refractivity contribution in [3.63, 3.8) is 0 Å². The molecule has 31 heavy (non-hydrogen) atoms. The molecule has 2 aromatic rings. The van der Waals surface area contributed by atoms with Gasteiger partial charge in [0.25, 0.3) is 11.7 Å². The Labute approximate surface area is 182 Å². The van der Waals surface area contributed by atoms with Crippen molar-refractivity contribution < 1.29 is 24.2 Å². The third-order valence-electron chi connectivity index (χ3n) is 5.49. The van der Waals surface area contributed by atoms with Gasteiger partial charge in [-0.1, -0.05) is 19.1 Å². The number of aliphatic hydroxyl groups is 1. The Morgan fingerprint density at radius 3 is 2.39 bits per heavy atom. The van der Waals surface area contributed by atoms with Crippen LogP contribution in [0.15, 0.2) is 29.8 Å². The number of benzene rings is 1. The van der Waals surface area contributed by atoms with Crippen LogP contribution in [-0.2, 0) is 21.4 Å². The van der Waals surface area contributed by atoms with E-state index in [9.17, 15) is 14.7 Å². The monoisotopic (exact) mass is 427 g/mol. The minimum Gasteiger partial charge on any atom is -0.507 e. The Bertz CT molecular complexity index is 1010. The first-order valence-electron chi connectivity index (χ1n) is 10.3. The molecule has 0 saturated carbocycles. The molecule has 166 valence electrons. The zero-order valence-electron chi connectivity index (χ0n) is 18.6. The van der Waals surface area contributed by atoms with E-state index in [-0.39, 0.29) is 24.5 Å². The highest BCUT2D eigenvalue weighted by Gasteiger charge is 2.46. The maximum Gasteiger partial charge on any atom is 0.295 e. The molecular formula is C23H29N3O5. The van der Waals surface area contributed by atoms with Crippen LogP contribution >= 0.6 is 0 Å². The highest BCUT2D eigenvalue weighted by atomic mass is 16.5. The number of ketones is 1. The lowest BCUT2D eigenvalue weighted by molar-refractivity contribution is -0.140. The van der Waals surface area contributed by atoms with E-state index in [1.807, 2.05) is 38.1 Å². The van der Waals surface area contributed by atoms with Gasteiger partial charge < -0.3 is 19.5 Å². The van der Waals surface area contributed by atoms with E-state index in [4.69, 9.17) is 9.47 Å². The van der Waals surface area contributed by atoms with Crippen molar-refractivity contribution in [2.75, 3.05) is 26.9 Å². The molecule has 1 aromatic carbocycles. The van der Waals surface area contributed by atoms with Gasteiger partial charge in [0.15, 0.2) is 0 Å². The lowest BCUT2D eigenvalue weighted by Gasteiger charge is -2.25. The molecule has 0 radical (unpaired) electrons. The summed E-state index contributed by atoms with van der Waals surface area (Å²) in [5.74, 6) is -0.877. The average molecular weight is 428 g/mol. The Hall–Kier alpha value is -3.13. The van der Waals surface area contributed by atoms with E-state index in [1.54, 1.807) is 18.7 Å². The van der Waals surface area contributed by atoms with Crippen LogP contribution in [-0.4, -0.2) is 58.3 Å². The number of aromatic nitrogens is 2. The number of nitrogens with zero attached hydrogens (tertiary/aromatic N) is 3. The van der Waals surface area contributed by atoms with E-state index in [2.05, 4.69) is 5.10 Å². The van der Waals surface area contributed by atoms with E-state index >= 15 is 0 Å². The number of Topliss-reactive ketones (excluding diaryl/α,β-unsaturated/α-hetero) is 1. The minimum atomic E-state index is -0.727. The number of aliphatic hydroxyl groups excluding tert-OH is 1. The van der Waals surface area contributed by atoms with Gasteiger partial charge in [-0.3, -0.25) is 14.3 Å². The quantitative estimate of drug-likeness (QED) is 0.396. The third kappa shape index (κ3) is 4.20. The normalized spacial score (nSPS) is 18.1. The molecule has 8 nitrogen and oxygen atoms in total. The Balaban J connectivity index is 2.13. The van der Waals surface area contributed by atoms with Crippen LogP contribution in [0.3, 0.4) is 0 Å². The molecule has 2 heterocycles. The van der Waals surface area contributed by atoms with E-state index < -0.39 is 17.7 Å². The second kappa shape index (κ2) is 9.34. The summed E-state index contributed by atoms with van der Waals surface area (Å²) in [7, 11) is 3.30. The van der Waals surface area contributed by atoms with Crippen LogP contribution in [0.2, 0.25) is 0 Å². The minimum absolute atomic E-state index is 0.0579. The molecule has 1 N–H and O–H groups in total. The van der Waals surface area contributed by atoms with Gasteiger partial charge >= 0.3 is 0 Å². The number of carbonyl (C=O) groups excluding carboxylic acids is 2. The fraction of sp³-hybridized carbons (Fsp3) is 0.435. The van der Waals surface area contributed by atoms with Gasteiger partial charge in [0, 0.05) is 26.4 Å². The van der Waals surface area contributed by atoms with Crippen LogP contribution in [0.1, 0.15) is 41.9 Å². The smallest absolute Gasteiger partial charge is 0.295 e. The number of rotatable bonds is 8. The molecule has 3 rings (SSSR count). The van der Waals surface area contributed by atoms with Crippen LogP contribution in [0.4, 0.5) is 0 Å². The molecule has 1 atom stereocenters. The Morgan fingerprint density at radius 2 is 1.84 bits per heavy atom. The molecule has 0 spiro atoms. The van der Waals surface area contributed by atoms with Crippen molar-refractivity contribution in [3.8, 4) is 5.75 Å². The number of hydrogen-bond donors (Lipinski definition) is 1. The first-order chi connectivity index (χ1) is 14.8. The summed E-state index contributed by atoms with van der Waals surface area (Å²) >= 11 is 0. The number of ether oxygens (including phenoxy) is 2. The van der Waals surface area contributed by atoms with Crippen molar-refractivity contribution >= 4 is 17.4 Å². The van der Waals surface area contributed by atoms with E-state index in [1.165, 1.54) is 12.0 Å². The second-order valence-electron chi connectivity index (χ2n) is 7.57. The second-order valence-corrected chi connectivity index (χ2v) is 7.57. The van der Waals surface area contributed by atoms with Gasteiger partial charge in [0.1, 0.15) is 11.5 Å². The van der Waals surface area contributed by atoms with Crippen LogP contribution < -0.4 is 4.74 Å². The number of hydrogen-bond acceptors (Lipinski definition) is 6.